The average Bonchev–Trinajstić information content (AvgIpc) is 2.77. The lowest BCUT2D eigenvalue weighted by Crippen LogP contribution is -2.33. The molecule has 3 N–H and O–H groups in total. The minimum atomic E-state index is -0.605. The van der Waals surface area contributed by atoms with Gasteiger partial charge in [-0.2, -0.15) is 5.10 Å². The van der Waals surface area contributed by atoms with Gasteiger partial charge in [-0.25, -0.2) is 15.4 Å². The van der Waals surface area contributed by atoms with E-state index in [0.717, 1.165) is 11.3 Å². The molecule has 8 heteroatoms. The highest BCUT2D eigenvalue weighted by Gasteiger charge is 2.14. The number of carbonyl (C=O) groups is 2. The van der Waals surface area contributed by atoms with Crippen molar-refractivity contribution in [3.8, 4) is 0 Å². The summed E-state index contributed by atoms with van der Waals surface area (Å²) in [5.74, 6) is -0.746. The third kappa shape index (κ3) is 6.10. The number of anilines is 1. The molecule has 2 aromatic carbocycles. The Bertz CT molecular complexity index is 1070. The molecule has 0 radical (unpaired) electrons. The summed E-state index contributed by atoms with van der Waals surface area (Å²) in [6.45, 7) is 1.82. The summed E-state index contributed by atoms with van der Waals surface area (Å²) in [5.41, 5.74) is 4.35. The van der Waals surface area contributed by atoms with Crippen LogP contribution in [-0.4, -0.2) is 28.0 Å². The topological polar surface area (TPSA) is 108 Å². The average molecular weight is 400 g/mol. The lowest BCUT2D eigenvalue weighted by Gasteiger charge is -2.09. The number of hydrazone groups is 1. The van der Waals surface area contributed by atoms with E-state index >= 15 is 0 Å². The third-order valence-corrected chi connectivity index (χ3v) is 3.85. The quantitative estimate of drug-likeness (QED) is 0.321. The van der Waals surface area contributed by atoms with E-state index in [1.807, 2.05) is 37.3 Å². The van der Waals surface area contributed by atoms with Gasteiger partial charge in [0.05, 0.1) is 6.21 Å². The number of hydrogen-bond acceptors (Lipinski definition) is 6. The molecule has 0 saturated carbocycles. The molecule has 0 atom stereocenters. The summed E-state index contributed by atoms with van der Waals surface area (Å²) in [7, 11) is 0. The summed E-state index contributed by atoms with van der Waals surface area (Å²) >= 11 is 0. The molecule has 3 rings (SSSR count). The molecule has 0 unspecified atom stereocenters. The first kappa shape index (κ1) is 20.4. The SMILES string of the molecule is Cc1ccnc(N/C=C(/NC(=O)c2ccccc2)C(=O)NN=Cc2ccccc2)n1. The zero-order chi connectivity index (χ0) is 21.2. The van der Waals surface area contributed by atoms with Crippen molar-refractivity contribution in [2.24, 2.45) is 5.10 Å². The van der Waals surface area contributed by atoms with Crippen molar-refractivity contribution in [1.82, 2.24) is 20.7 Å². The summed E-state index contributed by atoms with van der Waals surface area (Å²) in [6, 6.07) is 19.6. The molecule has 0 spiro atoms. The van der Waals surface area contributed by atoms with Crippen molar-refractivity contribution >= 4 is 24.0 Å². The van der Waals surface area contributed by atoms with Crippen LogP contribution in [0, 0.1) is 6.92 Å². The fraction of sp³-hybridized carbons (Fsp3) is 0.0455. The normalized spacial score (nSPS) is 11.2. The molecule has 0 fully saturated rings. The van der Waals surface area contributed by atoms with E-state index in [1.54, 1.807) is 42.6 Å². The minimum absolute atomic E-state index is 0.0424. The van der Waals surface area contributed by atoms with E-state index in [-0.39, 0.29) is 5.70 Å². The van der Waals surface area contributed by atoms with E-state index < -0.39 is 11.8 Å². The van der Waals surface area contributed by atoms with Crippen LogP contribution in [0.2, 0.25) is 0 Å². The largest absolute Gasteiger partial charge is 0.328 e. The maximum atomic E-state index is 12.6. The number of amides is 2. The Morgan fingerprint density at radius 3 is 2.37 bits per heavy atom. The molecule has 3 aromatic rings. The van der Waals surface area contributed by atoms with Crippen LogP contribution in [0.15, 0.2) is 89.9 Å². The second-order valence-electron chi connectivity index (χ2n) is 6.15. The summed E-state index contributed by atoms with van der Waals surface area (Å²) < 4.78 is 0. The summed E-state index contributed by atoms with van der Waals surface area (Å²) in [5, 5.41) is 9.34. The van der Waals surface area contributed by atoms with Gasteiger partial charge in [-0.15, -0.1) is 0 Å². The van der Waals surface area contributed by atoms with Crippen LogP contribution >= 0.6 is 0 Å². The Hall–Kier alpha value is -4.33. The third-order valence-electron chi connectivity index (χ3n) is 3.85. The van der Waals surface area contributed by atoms with Gasteiger partial charge in [0.15, 0.2) is 0 Å². The first-order valence-electron chi connectivity index (χ1n) is 9.13. The fourth-order valence-electron chi connectivity index (χ4n) is 2.36. The van der Waals surface area contributed by atoms with Gasteiger partial charge in [0.2, 0.25) is 5.95 Å². The molecule has 30 heavy (non-hydrogen) atoms. The van der Waals surface area contributed by atoms with E-state index in [9.17, 15) is 9.59 Å². The lowest BCUT2D eigenvalue weighted by atomic mass is 10.2. The first-order valence-corrected chi connectivity index (χ1v) is 9.13. The molecule has 0 bridgehead atoms. The highest BCUT2D eigenvalue weighted by atomic mass is 16.2. The first-order chi connectivity index (χ1) is 14.6. The predicted molar refractivity (Wildman–Crippen MR) is 115 cm³/mol. The van der Waals surface area contributed by atoms with Crippen molar-refractivity contribution in [3.05, 3.63) is 102 Å². The summed E-state index contributed by atoms with van der Waals surface area (Å²) in [4.78, 5) is 33.4. The van der Waals surface area contributed by atoms with Crippen LogP contribution in [0.5, 0.6) is 0 Å². The van der Waals surface area contributed by atoms with E-state index in [0.29, 0.717) is 11.5 Å². The van der Waals surface area contributed by atoms with Gasteiger partial charge >= 0.3 is 0 Å². The molecule has 0 aliphatic heterocycles. The van der Waals surface area contributed by atoms with Crippen LogP contribution in [-0.2, 0) is 4.79 Å². The number of hydrogen-bond donors (Lipinski definition) is 3. The second kappa shape index (κ2) is 10.3. The Morgan fingerprint density at radius 1 is 0.967 bits per heavy atom. The van der Waals surface area contributed by atoms with Crippen LogP contribution in [0.25, 0.3) is 0 Å². The van der Waals surface area contributed by atoms with Gasteiger partial charge in [-0.05, 0) is 30.7 Å². The van der Waals surface area contributed by atoms with Crippen LogP contribution in [0.3, 0.4) is 0 Å². The monoisotopic (exact) mass is 400 g/mol. The molecule has 150 valence electrons. The minimum Gasteiger partial charge on any atom is -0.328 e. The zero-order valence-electron chi connectivity index (χ0n) is 16.2. The van der Waals surface area contributed by atoms with Crippen molar-refractivity contribution in [2.45, 2.75) is 6.92 Å². The predicted octanol–water partition coefficient (Wildman–Crippen LogP) is 2.62. The van der Waals surface area contributed by atoms with Gasteiger partial charge in [-0.1, -0.05) is 48.5 Å². The highest BCUT2D eigenvalue weighted by molar-refractivity contribution is 6.03. The summed E-state index contributed by atoms with van der Waals surface area (Å²) in [6.07, 6.45) is 4.42. The van der Waals surface area contributed by atoms with Crippen LogP contribution in [0.1, 0.15) is 21.6 Å². The molecular formula is C22H20N6O2. The van der Waals surface area contributed by atoms with E-state index in [1.165, 1.54) is 12.4 Å². The number of aryl methyl sites for hydroxylation is 1. The van der Waals surface area contributed by atoms with E-state index in [2.05, 4.69) is 31.1 Å². The van der Waals surface area contributed by atoms with Crippen molar-refractivity contribution in [1.29, 1.82) is 0 Å². The van der Waals surface area contributed by atoms with Crippen LogP contribution < -0.4 is 16.1 Å². The molecule has 1 aromatic heterocycles. The molecule has 0 aliphatic rings. The maximum absolute atomic E-state index is 12.6. The van der Waals surface area contributed by atoms with Crippen LogP contribution in [0.4, 0.5) is 5.95 Å². The number of aromatic nitrogens is 2. The Balaban J connectivity index is 1.75. The van der Waals surface area contributed by atoms with Gasteiger partial charge in [-0.3, -0.25) is 9.59 Å². The Labute approximate surface area is 173 Å². The molecule has 0 saturated heterocycles. The number of rotatable bonds is 7. The molecule has 0 aliphatic carbocycles. The second-order valence-corrected chi connectivity index (χ2v) is 6.15. The number of nitrogens with one attached hydrogen (secondary N) is 3. The van der Waals surface area contributed by atoms with E-state index in [4.69, 9.17) is 0 Å². The zero-order valence-corrected chi connectivity index (χ0v) is 16.2. The van der Waals surface area contributed by atoms with Crippen molar-refractivity contribution in [2.75, 3.05) is 5.32 Å². The van der Waals surface area contributed by atoms with Gasteiger partial charge in [0.1, 0.15) is 5.70 Å². The fourth-order valence-corrected chi connectivity index (χ4v) is 2.36. The lowest BCUT2D eigenvalue weighted by molar-refractivity contribution is -0.117. The van der Waals surface area contributed by atoms with Crippen molar-refractivity contribution < 1.29 is 9.59 Å². The Kier molecular flexibility index (Phi) is 6.99. The molecule has 1 heterocycles. The number of benzene rings is 2. The highest BCUT2D eigenvalue weighted by Crippen LogP contribution is 2.03. The standard InChI is InChI=1S/C22H20N6O2/c1-16-12-13-23-22(26-16)24-15-19(27-20(29)18-10-6-3-7-11-18)21(30)28-25-14-17-8-4-2-5-9-17/h2-15H,1H3,(H,27,29)(H,28,30)(H,23,24,26)/b19-15+,25-14?. The molecule has 2 amide bonds. The van der Waals surface area contributed by atoms with Gasteiger partial charge in [0.25, 0.3) is 11.8 Å². The number of nitrogens with zero attached hydrogens (tertiary/aromatic N) is 3. The smallest absolute Gasteiger partial charge is 0.289 e. The van der Waals surface area contributed by atoms with Crippen molar-refractivity contribution in [3.63, 3.8) is 0 Å². The van der Waals surface area contributed by atoms with Gasteiger partial charge in [0, 0.05) is 23.7 Å². The maximum Gasteiger partial charge on any atom is 0.289 e. The molecular weight excluding hydrogens is 380 g/mol. The molecule has 8 nitrogen and oxygen atoms in total. The van der Waals surface area contributed by atoms with Gasteiger partial charge < -0.3 is 10.6 Å². The Morgan fingerprint density at radius 2 is 1.67 bits per heavy atom. The number of carbonyl (C=O) groups excluding carboxylic acids is 2.